The van der Waals surface area contributed by atoms with E-state index in [2.05, 4.69) is 158 Å². The van der Waals surface area contributed by atoms with Crippen LogP contribution < -0.4 is 0 Å². The molecule has 0 aliphatic carbocycles. The van der Waals surface area contributed by atoms with Gasteiger partial charge in [-0.25, -0.2) is 0 Å². The molecule has 2 heteroatoms. The van der Waals surface area contributed by atoms with Crippen molar-refractivity contribution in [2.45, 2.75) is 0 Å². The molecule has 0 unspecified atom stereocenters. The van der Waals surface area contributed by atoms with Gasteiger partial charge in [-0.3, -0.25) is 0 Å². The lowest BCUT2D eigenvalue weighted by Crippen LogP contribution is -1.89. The number of furan rings is 1. The minimum Gasteiger partial charge on any atom is -0.455 e. The summed E-state index contributed by atoms with van der Waals surface area (Å²) in [6.45, 7) is 0. The molecule has 0 amide bonds. The summed E-state index contributed by atoms with van der Waals surface area (Å²) in [5.41, 5.74) is 6.56. The molecule has 12 aromatic rings. The molecule has 0 aliphatic rings. The highest BCUT2D eigenvalue weighted by atomic mass is 32.1. The van der Waals surface area contributed by atoms with E-state index >= 15 is 0 Å². The van der Waals surface area contributed by atoms with E-state index in [4.69, 9.17) is 4.42 Å². The van der Waals surface area contributed by atoms with Gasteiger partial charge in [0.2, 0.25) is 0 Å². The average molecular weight is 651 g/mol. The van der Waals surface area contributed by atoms with Crippen molar-refractivity contribution in [1.82, 2.24) is 0 Å². The van der Waals surface area contributed by atoms with Crippen LogP contribution in [0.5, 0.6) is 0 Å². The van der Waals surface area contributed by atoms with Gasteiger partial charge in [-0.05, 0) is 113 Å². The number of hydrogen-bond acceptors (Lipinski definition) is 2. The smallest absolute Gasteiger partial charge is 0.143 e. The van der Waals surface area contributed by atoms with Gasteiger partial charge in [0.1, 0.15) is 11.2 Å². The molecule has 0 N–H and O–H groups in total. The molecular formula is C48H26OS. The second kappa shape index (κ2) is 9.69. The van der Waals surface area contributed by atoms with E-state index in [0.717, 1.165) is 22.1 Å². The zero-order valence-corrected chi connectivity index (χ0v) is 27.6. The fraction of sp³-hybridized carbons (Fsp3) is 0. The highest BCUT2D eigenvalue weighted by Gasteiger charge is 2.21. The molecular weight excluding hydrogens is 625 g/mol. The lowest BCUT2D eigenvalue weighted by atomic mass is 9.87. The number of fused-ring (bicyclic) bond motifs is 8. The van der Waals surface area contributed by atoms with Crippen LogP contribution in [-0.2, 0) is 0 Å². The fourth-order valence-corrected chi connectivity index (χ4v) is 9.73. The van der Waals surface area contributed by atoms with Crippen LogP contribution in [0.3, 0.4) is 0 Å². The number of thiophene rings is 1. The second-order valence-electron chi connectivity index (χ2n) is 13.6. The summed E-state index contributed by atoms with van der Waals surface area (Å²) < 4.78 is 9.60. The zero-order chi connectivity index (χ0) is 32.5. The lowest BCUT2D eigenvalue weighted by molar-refractivity contribution is 0.670. The SMILES string of the molecule is c1ccc2cc3c(cc2c1)oc1c(-c2ccc4sc5cc6ccccc6cc5c4c2)ccc(-c2ccc4ccc5cccc6ccc2c4c56)c13. The van der Waals surface area contributed by atoms with Crippen molar-refractivity contribution < 1.29 is 4.42 Å². The van der Waals surface area contributed by atoms with Crippen molar-refractivity contribution in [2.24, 2.45) is 0 Å². The van der Waals surface area contributed by atoms with Gasteiger partial charge in [0.15, 0.2) is 0 Å². The quantitative estimate of drug-likeness (QED) is 0.170. The summed E-state index contributed by atoms with van der Waals surface area (Å²) in [5, 5.41) is 17.6. The Hall–Kier alpha value is -6.22. The maximum absolute atomic E-state index is 6.97. The maximum atomic E-state index is 6.97. The van der Waals surface area contributed by atoms with Gasteiger partial charge in [0.05, 0.1) is 0 Å². The van der Waals surface area contributed by atoms with Gasteiger partial charge in [0.25, 0.3) is 0 Å². The highest BCUT2D eigenvalue weighted by Crippen LogP contribution is 2.47. The first kappa shape index (κ1) is 26.7. The van der Waals surface area contributed by atoms with Crippen molar-refractivity contribution in [1.29, 1.82) is 0 Å². The summed E-state index contributed by atoms with van der Waals surface area (Å²) in [6, 6.07) is 58.3. The number of rotatable bonds is 2. The molecule has 230 valence electrons. The monoisotopic (exact) mass is 650 g/mol. The Labute approximate surface area is 290 Å². The molecule has 2 aromatic heterocycles. The van der Waals surface area contributed by atoms with Crippen LogP contribution in [0.4, 0.5) is 0 Å². The van der Waals surface area contributed by atoms with Crippen molar-refractivity contribution >= 4 is 107 Å². The van der Waals surface area contributed by atoms with E-state index in [0.29, 0.717) is 0 Å². The molecule has 0 saturated heterocycles. The van der Waals surface area contributed by atoms with E-state index < -0.39 is 0 Å². The predicted molar refractivity (Wildman–Crippen MR) is 216 cm³/mol. The minimum absolute atomic E-state index is 0.915. The third-order valence-electron chi connectivity index (χ3n) is 11.0. The molecule has 0 spiro atoms. The topological polar surface area (TPSA) is 13.1 Å². The molecule has 0 radical (unpaired) electrons. The van der Waals surface area contributed by atoms with Crippen molar-refractivity contribution in [3.05, 3.63) is 158 Å². The molecule has 10 aromatic carbocycles. The lowest BCUT2D eigenvalue weighted by Gasteiger charge is -2.15. The Balaban J connectivity index is 1.17. The Kier molecular flexibility index (Phi) is 5.18. The first-order chi connectivity index (χ1) is 24.7. The largest absolute Gasteiger partial charge is 0.455 e. The molecule has 0 fully saturated rings. The Bertz CT molecular complexity index is 3360. The number of benzene rings is 10. The molecule has 0 bridgehead atoms. The van der Waals surface area contributed by atoms with Crippen LogP contribution in [0.15, 0.2) is 162 Å². The van der Waals surface area contributed by atoms with Crippen molar-refractivity contribution in [2.75, 3.05) is 0 Å². The van der Waals surface area contributed by atoms with Crippen molar-refractivity contribution in [3.8, 4) is 22.3 Å². The van der Waals surface area contributed by atoms with Crippen LogP contribution >= 0.6 is 11.3 Å². The predicted octanol–water partition coefficient (Wildman–Crippen LogP) is 14.5. The van der Waals surface area contributed by atoms with Gasteiger partial charge in [-0.1, -0.05) is 115 Å². The standard InChI is InChI=1S/C48H26OS/c1-3-8-32-25-42-41(23-31(32)7-1)47-38(36-17-14-29-13-12-27-10-5-11-28-15-18-37(36)46(29)45(27)28)20-19-35(48(47)49-42)34-16-21-43-39(24-34)40-22-30-6-2-4-9-33(30)26-44(40)50-43/h1-26H. The van der Waals surface area contributed by atoms with E-state index in [1.54, 1.807) is 0 Å². The van der Waals surface area contributed by atoms with E-state index in [9.17, 15) is 0 Å². The van der Waals surface area contributed by atoms with Crippen LogP contribution in [-0.4, -0.2) is 0 Å². The Morgan fingerprint density at radius 2 is 0.940 bits per heavy atom. The van der Waals surface area contributed by atoms with E-state index in [1.807, 2.05) is 11.3 Å². The first-order valence-corrected chi connectivity index (χ1v) is 18.0. The Morgan fingerprint density at radius 3 is 1.74 bits per heavy atom. The molecule has 0 atom stereocenters. The highest BCUT2D eigenvalue weighted by molar-refractivity contribution is 7.25. The summed E-state index contributed by atoms with van der Waals surface area (Å²) in [4.78, 5) is 0. The maximum Gasteiger partial charge on any atom is 0.143 e. The van der Waals surface area contributed by atoms with Crippen LogP contribution in [0.25, 0.3) is 118 Å². The third-order valence-corrected chi connectivity index (χ3v) is 12.1. The summed E-state index contributed by atoms with van der Waals surface area (Å²) in [6.07, 6.45) is 0. The zero-order valence-electron chi connectivity index (χ0n) is 26.8. The van der Waals surface area contributed by atoms with Gasteiger partial charge in [-0.2, -0.15) is 0 Å². The molecule has 0 aliphatic heterocycles. The van der Waals surface area contributed by atoms with E-state index in [1.165, 1.54) is 96.1 Å². The molecule has 50 heavy (non-hydrogen) atoms. The molecule has 0 saturated carbocycles. The Morgan fingerprint density at radius 1 is 0.340 bits per heavy atom. The molecule has 1 nitrogen and oxygen atoms in total. The third kappa shape index (κ3) is 3.61. The fourth-order valence-electron chi connectivity index (χ4n) is 8.62. The first-order valence-electron chi connectivity index (χ1n) is 17.2. The molecule has 2 heterocycles. The van der Waals surface area contributed by atoms with Crippen molar-refractivity contribution in [3.63, 3.8) is 0 Å². The van der Waals surface area contributed by atoms with Gasteiger partial charge in [0, 0.05) is 36.5 Å². The van der Waals surface area contributed by atoms with Gasteiger partial charge in [-0.15, -0.1) is 11.3 Å². The van der Waals surface area contributed by atoms with E-state index in [-0.39, 0.29) is 0 Å². The summed E-state index contributed by atoms with van der Waals surface area (Å²) in [7, 11) is 0. The van der Waals surface area contributed by atoms with Gasteiger partial charge >= 0.3 is 0 Å². The second-order valence-corrected chi connectivity index (χ2v) is 14.7. The number of hydrogen-bond donors (Lipinski definition) is 0. The minimum atomic E-state index is 0.915. The van der Waals surface area contributed by atoms with Crippen LogP contribution in [0.1, 0.15) is 0 Å². The summed E-state index contributed by atoms with van der Waals surface area (Å²) >= 11 is 1.87. The van der Waals surface area contributed by atoms with Crippen LogP contribution in [0, 0.1) is 0 Å². The van der Waals surface area contributed by atoms with Gasteiger partial charge < -0.3 is 4.42 Å². The molecule has 12 rings (SSSR count). The summed E-state index contributed by atoms with van der Waals surface area (Å²) in [5.74, 6) is 0. The normalized spacial score (nSPS) is 12.4. The van der Waals surface area contributed by atoms with Crippen LogP contribution in [0.2, 0.25) is 0 Å². The average Bonchev–Trinajstić information content (AvgIpc) is 3.72.